The Labute approximate surface area is 101 Å². The summed E-state index contributed by atoms with van der Waals surface area (Å²) in [5.74, 6) is 1.01. The van der Waals surface area contributed by atoms with Crippen molar-refractivity contribution >= 4 is 0 Å². The van der Waals surface area contributed by atoms with E-state index in [1.54, 1.807) is 6.33 Å². The summed E-state index contributed by atoms with van der Waals surface area (Å²) in [4.78, 5) is 4.25. The van der Waals surface area contributed by atoms with Crippen LogP contribution in [0.25, 0.3) is 0 Å². The fraction of sp³-hybridized carbons (Fsp3) is 0.385. The molecular formula is C13H18N4. The fourth-order valence-corrected chi connectivity index (χ4v) is 1.90. The Morgan fingerprint density at radius 1 is 1.29 bits per heavy atom. The van der Waals surface area contributed by atoms with Gasteiger partial charge in [0.25, 0.3) is 0 Å². The predicted octanol–water partition coefficient (Wildman–Crippen LogP) is 1.93. The van der Waals surface area contributed by atoms with Crippen molar-refractivity contribution in [2.24, 2.45) is 5.73 Å². The minimum absolute atomic E-state index is 0.0678. The van der Waals surface area contributed by atoms with E-state index in [0.717, 1.165) is 25.2 Å². The standard InChI is InChI=1S/C13H18N4/c1-2-17-13(15-10-16-17)9-8-12(14)11-6-4-3-5-7-11/h3-7,10,12H,2,8-9,14H2,1H3. The number of nitrogens with zero attached hydrogens (tertiary/aromatic N) is 3. The lowest BCUT2D eigenvalue weighted by atomic mass is 10.0. The van der Waals surface area contributed by atoms with Crippen LogP contribution in [0.1, 0.15) is 30.8 Å². The molecule has 1 unspecified atom stereocenters. The van der Waals surface area contributed by atoms with Gasteiger partial charge in [0.15, 0.2) is 0 Å². The average Bonchev–Trinajstić information content (AvgIpc) is 2.84. The van der Waals surface area contributed by atoms with Crippen LogP contribution in [0.3, 0.4) is 0 Å². The van der Waals surface area contributed by atoms with Crippen LogP contribution in [0.5, 0.6) is 0 Å². The number of hydrogen-bond acceptors (Lipinski definition) is 3. The van der Waals surface area contributed by atoms with Crippen molar-refractivity contribution in [1.29, 1.82) is 0 Å². The topological polar surface area (TPSA) is 56.7 Å². The summed E-state index contributed by atoms with van der Waals surface area (Å²) in [6.07, 6.45) is 3.36. The lowest BCUT2D eigenvalue weighted by Crippen LogP contribution is -2.13. The van der Waals surface area contributed by atoms with Gasteiger partial charge >= 0.3 is 0 Å². The molecule has 17 heavy (non-hydrogen) atoms. The molecule has 0 radical (unpaired) electrons. The second-order valence-electron chi connectivity index (χ2n) is 4.05. The first-order valence-corrected chi connectivity index (χ1v) is 5.98. The van der Waals surface area contributed by atoms with Crippen LogP contribution in [0.4, 0.5) is 0 Å². The number of rotatable bonds is 5. The Balaban J connectivity index is 1.95. The maximum Gasteiger partial charge on any atom is 0.138 e. The number of nitrogens with two attached hydrogens (primary N) is 1. The maximum absolute atomic E-state index is 6.15. The number of hydrogen-bond donors (Lipinski definition) is 1. The zero-order valence-corrected chi connectivity index (χ0v) is 10.1. The SMILES string of the molecule is CCn1ncnc1CCC(N)c1ccccc1. The highest BCUT2D eigenvalue weighted by atomic mass is 15.3. The Morgan fingerprint density at radius 3 is 2.76 bits per heavy atom. The van der Waals surface area contributed by atoms with Crippen molar-refractivity contribution in [2.75, 3.05) is 0 Å². The molecule has 1 atom stereocenters. The first kappa shape index (κ1) is 11.8. The Hall–Kier alpha value is -1.68. The van der Waals surface area contributed by atoms with Crippen LogP contribution < -0.4 is 5.73 Å². The quantitative estimate of drug-likeness (QED) is 0.854. The molecule has 1 heterocycles. The van der Waals surface area contributed by atoms with E-state index in [2.05, 4.69) is 29.1 Å². The predicted molar refractivity (Wildman–Crippen MR) is 67.4 cm³/mol. The second-order valence-corrected chi connectivity index (χ2v) is 4.05. The van der Waals surface area contributed by atoms with E-state index in [4.69, 9.17) is 5.73 Å². The summed E-state index contributed by atoms with van der Waals surface area (Å²) >= 11 is 0. The van der Waals surface area contributed by atoms with Gasteiger partial charge < -0.3 is 5.73 Å². The molecule has 2 rings (SSSR count). The molecular weight excluding hydrogens is 212 g/mol. The zero-order chi connectivity index (χ0) is 12.1. The summed E-state index contributed by atoms with van der Waals surface area (Å²) in [5.41, 5.74) is 7.32. The molecule has 0 aliphatic carbocycles. The number of aryl methyl sites for hydroxylation is 2. The minimum atomic E-state index is 0.0678. The highest BCUT2D eigenvalue weighted by molar-refractivity contribution is 5.18. The molecule has 0 amide bonds. The van der Waals surface area contributed by atoms with Gasteiger partial charge in [0.2, 0.25) is 0 Å². The second kappa shape index (κ2) is 5.59. The van der Waals surface area contributed by atoms with Gasteiger partial charge in [-0.3, -0.25) is 4.68 Å². The maximum atomic E-state index is 6.15. The molecule has 1 aromatic heterocycles. The smallest absolute Gasteiger partial charge is 0.138 e. The van der Waals surface area contributed by atoms with Crippen molar-refractivity contribution in [1.82, 2.24) is 14.8 Å². The summed E-state index contributed by atoms with van der Waals surface area (Å²) in [5, 5.41) is 4.15. The highest BCUT2D eigenvalue weighted by Gasteiger charge is 2.08. The Bertz CT molecular complexity index is 449. The van der Waals surface area contributed by atoms with Crippen LogP contribution in [-0.4, -0.2) is 14.8 Å². The molecule has 0 aliphatic rings. The largest absolute Gasteiger partial charge is 0.324 e. The van der Waals surface area contributed by atoms with Gasteiger partial charge in [0.05, 0.1) is 0 Å². The fourth-order valence-electron chi connectivity index (χ4n) is 1.90. The molecule has 0 aliphatic heterocycles. The van der Waals surface area contributed by atoms with Crippen molar-refractivity contribution in [2.45, 2.75) is 32.4 Å². The summed E-state index contributed by atoms with van der Waals surface area (Å²) in [7, 11) is 0. The van der Waals surface area contributed by atoms with E-state index in [1.165, 1.54) is 5.56 Å². The Kier molecular flexibility index (Phi) is 3.88. The van der Waals surface area contributed by atoms with Crippen LogP contribution in [0.2, 0.25) is 0 Å². The van der Waals surface area contributed by atoms with Gasteiger partial charge in [0, 0.05) is 19.0 Å². The van der Waals surface area contributed by atoms with E-state index in [9.17, 15) is 0 Å². The van der Waals surface area contributed by atoms with Gasteiger partial charge in [-0.25, -0.2) is 4.98 Å². The van der Waals surface area contributed by atoms with Crippen LogP contribution in [0, 0.1) is 0 Å². The zero-order valence-electron chi connectivity index (χ0n) is 10.1. The highest BCUT2D eigenvalue weighted by Crippen LogP contribution is 2.15. The lowest BCUT2D eigenvalue weighted by Gasteiger charge is -2.11. The third-order valence-electron chi connectivity index (χ3n) is 2.90. The summed E-state index contributed by atoms with van der Waals surface area (Å²) in [6, 6.07) is 10.2. The lowest BCUT2D eigenvalue weighted by molar-refractivity contribution is 0.572. The molecule has 0 spiro atoms. The monoisotopic (exact) mass is 230 g/mol. The molecule has 0 saturated heterocycles. The van der Waals surface area contributed by atoms with E-state index in [-0.39, 0.29) is 6.04 Å². The first-order chi connectivity index (χ1) is 8.31. The number of benzene rings is 1. The van der Waals surface area contributed by atoms with Crippen molar-refractivity contribution < 1.29 is 0 Å². The van der Waals surface area contributed by atoms with Crippen molar-refractivity contribution in [3.05, 3.63) is 48.0 Å². The molecule has 0 saturated carbocycles. The van der Waals surface area contributed by atoms with E-state index in [1.807, 2.05) is 22.9 Å². The molecule has 2 N–H and O–H groups in total. The molecule has 4 nitrogen and oxygen atoms in total. The van der Waals surface area contributed by atoms with Gasteiger partial charge in [0.1, 0.15) is 12.2 Å². The molecule has 90 valence electrons. The minimum Gasteiger partial charge on any atom is -0.324 e. The van der Waals surface area contributed by atoms with Gasteiger partial charge in [-0.2, -0.15) is 5.10 Å². The molecule has 1 aromatic carbocycles. The van der Waals surface area contributed by atoms with Crippen molar-refractivity contribution in [3.8, 4) is 0 Å². The first-order valence-electron chi connectivity index (χ1n) is 5.98. The Morgan fingerprint density at radius 2 is 2.06 bits per heavy atom. The van der Waals surface area contributed by atoms with Crippen LogP contribution in [0.15, 0.2) is 36.7 Å². The van der Waals surface area contributed by atoms with Crippen LogP contribution in [-0.2, 0) is 13.0 Å². The third kappa shape index (κ3) is 2.91. The summed E-state index contributed by atoms with van der Waals surface area (Å²) in [6.45, 7) is 2.92. The van der Waals surface area contributed by atoms with Crippen molar-refractivity contribution in [3.63, 3.8) is 0 Å². The van der Waals surface area contributed by atoms with Gasteiger partial charge in [-0.05, 0) is 18.9 Å². The van der Waals surface area contributed by atoms with E-state index < -0.39 is 0 Å². The normalized spacial score (nSPS) is 12.6. The molecule has 0 fully saturated rings. The van der Waals surface area contributed by atoms with Gasteiger partial charge in [-0.1, -0.05) is 30.3 Å². The number of aromatic nitrogens is 3. The van der Waals surface area contributed by atoms with E-state index >= 15 is 0 Å². The van der Waals surface area contributed by atoms with Gasteiger partial charge in [-0.15, -0.1) is 0 Å². The van der Waals surface area contributed by atoms with Crippen LogP contribution >= 0.6 is 0 Å². The summed E-state index contributed by atoms with van der Waals surface area (Å²) < 4.78 is 1.91. The molecule has 2 aromatic rings. The molecule has 0 bridgehead atoms. The van der Waals surface area contributed by atoms with E-state index in [0.29, 0.717) is 0 Å². The average molecular weight is 230 g/mol. The third-order valence-corrected chi connectivity index (χ3v) is 2.90. The molecule has 4 heteroatoms.